The zero-order chi connectivity index (χ0) is 11.1. The average Bonchev–Trinajstić information content (AvgIpc) is 2.30. The number of carbonyl (C=O) groups is 1. The van der Waals surface area contributed by atoms with Crippen LogP contribution < -0.4 is 0 Å². The Hall–Kier alpha value is -0.630. The van der Waals surface area contributed by atoms with E-state index in [9.17, 15) is 4.79 Å². The number of Topliss-reactive ketones (excluding diaryl/α,β-unsaturated/α-hetero) is 1. The molecule has 0 aliphatic heterocycles. The molecule has 2 heteroatoms. The summed E-state index contributed by atoms with van der Waals surface area (Å²) in [4.78, 5) is 12.1. The Morgan fingerprint density at radius 2 is 2.07 bits per heavy atom. The van der Waals surface area contributed by atoms with Gasteiger partial charge in [0.15, 0.2) is 5.78 Å². The quantitative estimate of drug-likeness (QED) is 0.497. The Morgan fingerprint density at radius 1 is 1.40 bits per heavy atom. The van der Waals surface area contributed by atoms with Gasteiger partial charge in [0.05, 0.1) is 0 Å². The lowest BCUT2D eigenvalue weighted by molar-refractivity contribution is -0.145. The maximum absolute atomic E-state index is 12.1. The Labute approximate surface area is 92.7 Å². The minimum absolute atomic E-state index is 0.298. The standard InChI is InChI=1S/C13H22O2/c1-3-4-6-9-12(14)13(15-2)10-7-5-8-11-13/h3H,1,4-11H2,2H3. The molecular formula is C13H22O2. The number of methoxy groups -OCH3 is 1. The van der Waals surface area contributed by atoms with Crippen LogP contribution in [0.4, 0.5) is 0 Å². The van der Waals surface area contributed by atoms with Crippen LogP contribution in [0.25, 0.3) is 0 Å². The van der Waals surface area contributed by atoms with Crippen LogP contribution in [0.5, 0.6) is 0 Å². The maximum atomic E-state index is 12.1. The predicted molar refractivity (Wildman–Crippen MR) is 61.9 cm³/mol. The molecule has 1 aliphatic carbocycles. The van der Waals surface area contributed by atoms with Gasteiger partial charge < -0.3 is 4.74 Å². The van der Waals surface area contributed by atoms with Crippen LogP contribution in [0.1, 0.15) is 51.4 Å². The molecule has 0 atom stereocenters. The molecule has 0 unspecified atom stereocenters. The fourth-order valence-corrected chi connectivity index (χ4v) is 2.35. The Bertz CT molecular complexity index is 215. The van der Waals surface area contributed by atoms with Gasteiger partial charge in [-0.05, 0) is 25.7 Å². The number of ketones is 1. The van der Waals surface area contributed by atoms with Gasteiger partial charge in [0.1, 0.15) is 5.60 Å². The smallest absolute Gasteiger partial charge is 0.164 e. The first kappa shape index (κ1) is 12.4. The van der Waals surface area contributed by atoms with Gasteiger partial charge in [-0.25, -0.2) is 0 Å². The largest absolute Gasteiger partial charge is 0.370 e. The van der Waals surface area contributed by atoms with Gasteiger partial charge in [-0.1, -0.05) is 25.3 Å². The summed E-state index contributed by atoms with van der Waals surface area (Å²) < 4.78 is 5.50. The van der Waals surface area contributed by atoms with E-state index in [0.29, 0.717) is 12.2 Å². The SMILES string of the molecule is C=CCCCC(=O)C1(OC)CCCCC1. The summed E-state index contributed by atoms with van der Waals surface area (Å²) in [6.45, 7) is 3.66. The normalized spacial score (nSPS) is 19.8. The molecule has 1 fully saturated rings. The van der Waals surface area contributed by atoms with Crippen LogP contribution in [0.2, 0.25) is 0 Å². The Balaban J connectivity index is 2.48. The number of hydrogen-bond acceptors (Lipinski definition) is 2. The highest BCUT2D eigenvalue weighted by Gasteiger charge is 2.38. The van der Waals surface area contributed by atoms with Crippen molar-refractivity contribution in [3.63, 3.8) is 0 Å². The van der Waals surface area contributed by atoms with E-state index in [1.54, 1.807) is 7.11 Å². The summed E-state index contributed by atoms with van der Waals surface area (Å²) in [5.74, 6) is 0.298. The first-order chi connectivity index (χ1) is 7.25. The molecule has 1 aliphatic rings. The summed E-state index contributed by atoms with van der Waals surface area (Å²) in [5.41, 5.74) is -0.445. The highest BCUT2D eigenvalue weighted by molar-refractivity contribution is 5.87. The zero-order valence-corrected chi connectivity index (χ0v) is 9.76. The molecule has 0 aromatic rings. The number of hydrogen-bond donors (Lipinski definition) is 0. The van der Waals surface area contributed by atoms with Crippen molar-refractivity contribution in [1.82, 2.24) is 0 Å². The predicted octanol–water partition coefficient (Wildman–Crippen LogP) is 3.26. The molecule has 2 nitrogen and oxygen atoms in total. The molecular weight excluding hydrogens is 188 g/mol. The van der Waals surface area contributed by atoms with Crippen LogP contribution in [-0.4, -0.2) is 18.5 Å². The fraction of sp³-hybridized carbons (Fsp3) is 0.769. The second kappa shape index (κ2) is 6.06. The van der Waals surface area contributed by atoms with Crippen molar-refractivity contribution in [2.75, 3.05) is 7.11 Å². The van der Waals surface area contributed by atoms with Crippen molar-refractivity contribution in [1.29, 1.82) is 0 Å². The van der Waals surface area contributed by atoms with Gasteiger partial charge in [-0.3, -0.25) is 4.79 Å². The number of ether oxygens (including phenoxy) is 1. The van der Waals surface area contributed by atoms with E-state index >= 15 is 0 Å². The van der Waals surface area contributed by atoms with Crippen molar-refractivity contribution in [3.8, 4) is 0 Å². The van der Waals surface area contributed by atoms with Gasteiger partial charge >= 0.3 is 0 Å². The minimum atomic E-state index is -0.445. The zero-order valence-electron chi connectivity index (χ0n) is 9.76. The number of unbranched alkanes of at least 4 members (excludes halogenated alkanes) is 1. The third-order valence-corrected chi connectivity index (χ3v) is 3.37. The van der Waals surface area contributed by atoms with E-state index < -0.39 is 5.60 Å². The highest BCUT2D eigenvalue weighted by atomic mass is 16.5. The first-order valence-corrected chi connectivity index (χ1v) is 5.94. The van der Waals surface area contributed by atoms with Crippen LogP contribution >= 0.6 is 0 Å². The second-order valence-electron chi connectivity index (χ2n) is 4.36. The van der Waals surface area contributed by atoms with E-state index in [4.69, 9.17) is 4.74 Å². The topological polar surface area (TPSA) is 26.3 Å². The monoisotopic (exact) mass is 210 g/mol. The Morgan fingerprint density at radius 3 is 2.60 bits per heavy atom. The van der Waals surface area contributed by atoms with E-state index in [-0.39, 0.29) is 0 Å². The minimum Gasteiger partial charge on any atom is -0.370 e. The molecule has 0 heterocycles. The molecule has 86 valence electrons. The van der Waals surface area contributed by atoms with Crippen LogP contribution in [0.3, 0.4) is 0 Å². The lowest BCUT2D eigenvalue weighted by Crippen LogP contribution is -2.42. The maximum Gasteiger partial charge on any atom is 0.164 e. The Kier molecular flexibility index (Phi) is 5.03. The molecule has 15 heavy (non-hydrogen) atoms. The summed E-state index contributed by atoms with van der Waals surface area (Å²) in [6.07, 6.45) is 9.66. The van der Waals surface area contributed by atoms with Gasteiger partial charge in [-0.15, -0.1) is 6.58 Å². The van der Waals surface area contributed by atoms with Gasteiger partial charge in [-0.2, -0.15) is 0 Å². The van der Waals surface area contributed by atoms with E-state index in [1.807, 2.05) is 6.08 Å². The lowest BCUT2D eigenvalue weighted by atomic mass is 9.80. The number of allylic oxidation sites excluding steroid dienone is 1. The van der Waals surface area contributed by atoms with E-state index in [1.165, 1.54) is 6.42 Å². The van der Waals surface area contributed by atoms with Crippen molar-refractivity contribution < 1.29 is 9.53 Å². The third kappa shape index (κ3) is 3.16. The molecule has 0 saturated heterocycles. The molecule has 0 N–H and O–H groups in total. The molecule has 0 spiro atoms. The summed E-state index contributed by atoms with van der Waals surface area (Å²) in [7, 11) is 1.68. The van der Waals surface area contributed by atoms with E-state index in [2.05, 4.69) is 6.58 Å². The van der Waals surface area contributed by atoms with Crippen LogP contribution in [0, 0.1) is 0 Å². The number of carbonyl (C=O) groups excluding carboxylic acids is 1. The average molecular weight is 210 g/mol. The fourth-order valence-electron chi connectivity index (χ4n) is 2.35. The third-order valence-electron chi connectivity index (χ3n) is 3.37. The van der Waals surface area contributed by atoms with Crippen molar-refractivity contribution in [3.05, 3.63) is 12.7 Å². The molecule has 0 amide bonds. The van der Waals surface area contributed by atoms with Gasteiger partial charge in [0, 0.05) is 13.5 Å². The first-order valence-electron chi connectivity index (χ1n) is 5.94. The van der Waals surface area contributed by atoms with Gasteiger partial charge in [0.25, 0.3) is 0 Å². The summed E-state index contributed by atoms with van der Waals surface area (Å²) in [5, 5.41) is 0. The van der Waals surface area contributed by atoms with E-state index in [0.717, 1.165) is 38.5 Å². The molecule has 1 rings (SSSR count). The lowest BCUT2D eigenvalue weighted by Gasteiger charge is -2.34. The van der Waals surface area contributed by atoms with Crippen molar-refractivity contribution >= 4 is 5.78 Å². The molecule has 0 aromatic carbocycles. The summed E-state index contributed by atoms with van der Waals surface area (Å²) >= 11 is 0. The number of rotatable bonds is 6. The molecule has 0 aromatic heterocycles. The summed E-state index contributed by atoms with van der Waals surface area (Å²) in [6, 6.07) is 0. The van der Waals surface area contributed by atoms with Crippen LogP contribution in [0.15, 0.2) is 12.7 Å². The second-order valence-corrected chi connectivity index (χ2v) is 4.36. The molecule has 0 bridgehead atoms. The van der Waals surface area contributed by atoms with Gasteiger partial charge in [0.2, 0.25) is 0 Å². The highest BCUT2D eigenvalue weighted by Crippen LogP contribution is 2.33. The van der Waals surface area contributed by atoms with Crippen molar-refractivity contribution in [2.45, 2.75) is 57.0 Å². The molecule has 1 saturated carbocycles. The van der Waals surface area contributed by atoms with Crippen LogP contribution in [-0.2, 0) is 9.53 Å². The van der Waals surface area contributed by atoms with Crippen molar-refractivity contribution in [2.24, 2.45) is 0 Å². The molecule has 0 radical (unpaired) electrons.